The first-order chi connectivity index (χ1) is 9.24. The lowest BCUT2D eigenvalue weighted by molar-refractivity contribution is 0.475. The number of aromatic hydroxyl groups is 1. The molecule has 0 aliphatic heterocycles. The maximum absolute atomic E-state index is 9.42. The summed E-state index contributed by atoms with van der Waals surface area (Å²) < 4.78 is 0. The average molecular weight is 250 g/mol. The molecule has 96 valence electrons. The molecule has 1 N–H and O–H groups in total. The first-order valence-corrected chi connectivity index (χ1v) is 6.83. The van der Waals surface area contributed by atoms with Crippen molar-refractivity contribution in [1.82, 2.24) is 0 Å². The summed E-state index contributed by atoms with van der Waals surface area (Å²) in [5, 5.41) is 9.42. The van der Waals surface area contributed by atoms with Crippen molar-refractivity contribution in [3.63, 3.8) is 0 Å². The number of fused-ring (bicyclic) bond motifs is 1. The summed E-state index contributed by atoms with van der Waals surface area (Å²) in [6, 6.07) is 14.2. The molecule has 0 heterocycles. The van der Waals surface area contributed by atoms with E-state index in [1.54, 1.807) is 12.1 Å². The number of phenolic OH excluding ortho intramolecular Hbond substituents is 1. The number of rotatable bonds is 1. The van der Waals surface area contributed by atoms with Crippen LogP contribution >= 0.6 is 0 Å². The van der Waals surface area contributed by atoms with E-state index in [9.17, 15) is 5.11 Å². The molecule has 0 saturated heterocycles. The van der Waals surface area contributed by atoms with Crippen LogP contribution in [0.5, 0.6) is 5.75 Å². The molecular formula is C18H18O. The Labute approximate surface area is 114 Å². The summed E-state index contributed by atoms with van der Waals surface area (Å²) >= 11 is 0. The number of hydrogen-bond donors (Lipinski definition) is 1. The van der Waals surface area contributed by atoms with Gasteiger partial charge in [0, 0.05) is 0 Å². The highest BCUT2D eigenvalue weighted by Crippen LogP contribution is 2.32. The Hall–Kier alpha value is -2.02. The highest BCUT2D eigenvalue weighted by atomic mass is 16.3. The molecule has 3 rings (SSSR count). The van der Waals surface area contributed by atoms with Gasteiger partial charge in [0.2, 0.25) is 0 Å². The number of benzene rings is 2. The Morgan fingerprint density at radius 3 is 2.58 bits per heavy atom. The third-order valence-corrected chi connectivity index (χ3v) is 3.73. The molecule has 0 aromatic heterocycles. The summed E-state index contributed by atoms with van der Waals surface area (Å²) in [7, 11) is 0. The van der Waals surface area contributed by atoms with Crippen molar-refractivity contribution < 1.29 is 5.11 Å². The van der Waals surface area contributed by atoms with Crippen LogP contribution in [0.25, 0.3) is 5.57 Å². The van der Waals surface area contributed by atoms with Gasteiger partial charge in [0.05, 0.1) is 0 Å². The Morgan fingerprint density at radius 1 is 1.00 bits per heavy atom. The van der Waals surface area contributed by atoms with Crippen LogP contribution in [0.1, 0.15) is 35.1 Å². The highest BCUT2D eigenvalue weighted by molar-refractivity contribution is 5.82. The third-order valence-electron chi connectivity index (χ3n) is 3.73. The van der Waals surface area contributed by atoms with Crippen molar-refractivity contribution in [3.8, 4) is 5.75 Å². The molecule has 2 aromatic carbocycles. The van der Waals surface area contributed by atoms with Gasteiger partial charge in [-0.1, -0.05) is 42.0 Å². The molecule has 0 spiro atoms. The number of phenols is 1. The van der Waals surface area contributed by atoms with E-state index in [4.69, 9.17) is 0 Å². The zero-order valence-corrected chi connectivity index (χ0v) is 11.2. The minimum atomic E-state index is 0.321. The zero-order chi connectivity index (χ0) is 13.2. The van der Waals surface area contributed by atoms with Gasteiger partial charge in [-0.3, -0.25) is 0 Å². The Bertz CT molecular complexity index is 621. The molecule has 0 unspecified atom stereocenters. The molecule has 0 radical (unpaired) electrons. The van der Waals surface area contributed by atoms with E-state index < -0.39 is 0 Å². The fourth-order valence-corrected chi connectivity index (χ4v) is 2.76. The fourth-order valence-electron chi connectivity index (χ4n) is 2.76. The standard InChI is InChI=1S/C18H18O/c1-13-6-11-18-15(12-13)4-2-3-5-17(18)14-7-9-16(19)10-8-14/h5-12,19H,2-4H2,1H3. The lowest BCUT2D eigenvalue weighted by atomic mass is 9.93. The number of aryl methyl sites for hydroxylation is 2. The van der Waals surface area contributed by atoms with E-state index in [0.29, 0.717) is 5.75 Å². The molecule has 1 heteroatoms. The SMILES string of the molecule is Cc1ccc2c(c1)CCCC=C2c1ccc(O)cc1. The van der Waals surface area contributed by atoms with Crippen molar-refractivity contribution in [2.24, 2.45) is 0 Å². The van der Waals surface area contributed by atoms with E-state index in [1.165, 1.54) is 34.2 Å². The Kier molecular flexibility index (Phi) is 3.12. The van der Waals surface area contributed by atoms with Gasteiger partial charge in [-0.15, -0.1) is 0 Å². The summed E-state index contributed by atoms with van der Waals surface area (Å²) in [5.41, 5.74) is 6.59. The monoisotopic (exact) mass is 250 g/mol. The molecule has 0 atom stereocenters. The molecule has 0 bridgehead atoms. The van der Waals surface area contributed by atoms with Gasteiger partial charge in [0.25, 0.3) is 0 Å². The molecule has 0 fully saturated rings. The van der Waals surface area contributed by atoms with Crippen molar-refractivity contribution in [2.75, 3.05) is 0 Å². The first-order valence-electron chi connectivity index (χ1n) is 6.83. The van der Waals surface area contributed by atoms with Gasteiger partial charge < -0.3 is 5.11 Å². The van der Waals surface area contributed by atoms with E-state index in [0.717, 1.165) is 12.8 Å². The predicted octanol–water partition coefficient (Wildman–Crippen LogP) is 4.47. The molecule has 0 amide bonds. The van der Waals surface area contributed by atoms with Crippen LogP contribution in [0.3, 0.4) is 0 Å². The Morgan fingerprint density at radius 2 is 1.79 bits per heavy atom. The van der Waals surface area contributed by atoms with Crippen LogP contribution in [-0.4, -0.2) is 5.11 Å². The van der Waals surface area contributed by atoms with Gasteiger partial charge in [-0.05, 0) is 60.6 Å². The Balaban J connectivity index is 2.11. The molecule has 1 aliphatic carbocycles. The maximum Gasteiger partial charge on any atom is 0.115 e. The normalized spacial score (nSPS) is 14.5. The van der Waals surface area contributed by atoms with Crippen LogP contribution < -0.4 is 0 Å². The van der Waals surface area contributed by atoms with Crippen LogP contribution in [0.2, 0.25) is 0 Å². The minimum Gasteiger partial charge on any atom is -0.508 e. The second-order valence-corrected chi connectivity index (χ2v) is 5.22. The lowest BCUT2D eigenvalue weighted by Crippen LogP contribution is -1.94. The summed E-state index contributed by atoms with van der Waals surface area (Å²) in [5.74, 6) is 0.321. The molecule has 2 aromatic rings. The average Bonchev–Trinajstić information content (AvgIpc) is 2.61. The van der Waals surface area contributed by atoms with E-state index in [-0.39, 0.29) is 0 Å². The fraction of sp³-hybridized carbons (Fsp3) is 0.222. The van der Waals surface area contributed by atoms with E-state index >= 15 is 0 Å². The zero-order valence-electron chi connectivity index (χ0n) is 11.2. The lowest BCUT2D eigenvalue weighted by Gasteiger charge is -2.12. The second-order valence-electron chi connectivity index (χ2n) is 5.22. The number of allylic oxidation sites excluding steroid dienone is 1. The largest absolute Gasteiger partial charge is 0.508 e. The van der Waals surface area contributed by atoms with E-state index in [1.807, 2.05) is 12.1 Å². The van der Waals surface area contributed by atoms with Crippen molar-refractivity contribution >= 4 is 5.57 Å². The highest BCUT2D eigenvalue weighted by Gasteiger charge is 2.13. The van der Waals surface area contributed by atoms with Gasteiger partial charge in [0.15, 0.2) is 0 Å². The predicted molar refractivity (Wildman–Crippen MR) is 79.3 cm³/mol. The van der Waals surface area contributed by atoms with Gasteiger partial charge in [-0.25, -0.2) is 0 Å². The first kappa shape index (κ1) is 12.0. The van der Waals surface area contributed by atoms with Crippen LogP contribution in [0.15, 0.2) is 48.5 Å². The maximum atomic E-state index is 9.42. The topological polar surface area (TPSA) is 20.2 Å². The smallest absolute Gasteiger partial charge is 0.115 e. The number of hydrogen-bond acceptors (Lipinski definition) is 1. The summed E-state index contributed by atoms with van der Waals surface area (Å²) in [6.45, 7) is 2.15. The minimum absolute atomic E-state index is 0.321. The molecule has 19 heavy (non-hydrogen) atoms. The van der Waals surface area contributed by atoms with Crippen LogP contribution in [-0.2, 0) is 6.42 Å². The van der Waals surface area contributed by atoms with Crippen molar-refractivity contribution in [1.29, 1.82) is 0 Å². The van der Waals surface area contributed by atoms with Gasteiger partial charge in [0.1, 0.15) is 5.75 Å². The van der Waals surface area contributed by atoms with Gasteiger partial charge in [-0.2, -0.15) is 0 Å². The molecule has 1 aliphatic rings. The van der Waals surface area contributed by atoms with Crippen LogP contribution in [0, 0.1) is 6.92 Å². The van der Waals surface area contributed by atoms with Crippen LogP contribution in [0.4, 0.5) is 0 Å². The second kappa shape index (κ2) is 4.93. The van der Waals surface area contributed by atoms with Crippen molar-refractivity contribution in [2.45, 2.75) is 26.2 Å². The molecule has 0 saturated carbocycles. The third kappa shape index (κ3) is 2.41. The van der Waals surface area contributed by atoms with Gasteiger partial charge >= 0.3 is 0 Å². The van der Waals surface area contributed by atoms with Crippen molar-refractivity contribution in [3.05, 3.63) is 70.8 Å². The molecular weight excluding hydrogens is 232 g/mol. The summed E-state index contributed by atoms with van der Waals surface area (Å²) in [4.78, 5) is 0. The summed E-state index contributed by atoms with van der Waals surface area (Å²) in [6.07, 6.45) is 5.80. The van der Waals surface area contributed by atoms with E-state index in [2.05, 4.69) is 31.2 Å². The molecule has 1 nitrogen and oxygen atoms in total. The quantitative estimate of drug-likeness (QED) is 0.791.